The van der Waals surface area contributed by atoms with Crippen molar-refractivity contribution in [3.63, 3.8) is 0 Å². The van der Waals surface area contributed by atoms with Crippen LogP contribution in [0.4, 0.5) is 0 Å². The molecule has 1 aliphatic heterocycles. The number of aryl methyl sites for hydroxylation is 1. The molecule has 78 heavy (non-hydrogen) atoms. The Balaban J connectivity index is 1.21. The first-order valence-corrected chi connectivity index (χ1v) is 27.3. The Kier molecular flexibility index (Phi) is 26.9. The third-order valence-corrected chi connectivity index (χ3v) is 13.7. The molecule has 2 heterocycles. The van der Waals surface area contributed by atoms with Crippen molar-refractivity contribution in [2.75, 3.05) is 52.7 Å². The predicted molar refractivity (Wildman–Crippen MR) is 296 cm³/mol. The van der Waals surface area contributed by atoms with Gasteiger partial charge < -0.3 is 40.8 Å². The first kappa shape index (κ1) is 63.3. The number of fused-ring (bicyclic) bond motifs is 1. The van der Waals surface area contributed by atoms with Gasteiger partial charge in [0.05, 0.1) is 43.4 Å². The van der Waals surface area contributed by atoms with Gasteiger partial charge in [-0.1, -0.05) is 97.2 Å². The molecule has 424 valence electrons. The van der Waals surface area contributed by atoms with Crippen LogP contribution < -0.4 is 31.3 Å². The molecule has 19 heteroatoms. The van der Waals surface area contributed by atoms with Gasteiger partial charge in [-0.3, -0.25) is 48.1 Å². The summed E-state index contributed by atoms with van der Waals surface area (Å²) in [5, 5.41) is 13.7. The molecule has 1 fully saturated rings. The van der Waals surface area contributed by atoms with E-state index in [0.717, 1.165) is 70.1 Å². The lowest BCUT2D eigenvalue weighted by Gasteiger charge is -2.20. The standard InChI is InChI=1S/C59H81N7O12/c1-9-42(10-2)46-31-56(73)66(59(46)75)24-18-14-17-21-52(69)60-32-53(70)61-34-55(72)64-51(29-41-19-15-13-16-20-41)58(74)62-33-54(71)63-36-76-25-26-78-44-22-23-50-47(30-44)45(12-4)48(27-38(5)6)57(65-50)39(7)28-43(11-3)49(40(8)68)35-77-37-67/h13,15-16,19-20,22-23,28,30,37-38,42,46,51H,9-12,14,17-18,21,24-27,29,31-36H2,1-8H3,(H,60,69)(H,61,70)(H,62,74)(H,63,71)(H,64,72)/b39-28+,49-43-. The van der Waals surface area contributed by atoms with E-state index in [0.29, 0.717) is 55.9 Å². The molecular weight excluding hydrogens is 999 g/mol. The molecule has 0 radical (unpaired) electrons. The van der Waals surface area contributed by atoms with Gasteiger partial charge in [0, 0.05) is 36.8 Å². The lowest BCUT2D eigenvalue weighted by Crippen LogP contribution is -2.52. The van der Waals surface area contributed by atoms with Gasteiger partial charge in [0.2, 0.25) is 41.4 Å². The second-order valence-corrected chi connectivity index (χ2v) is 19.9. The van der Waals surface area contributed by atoms with E-state index in [9.17, 15) is 43.2 Å². The van der Waals surface area contributed by atoms with Crippen molar-refractivity contribution >= 4 is 70.1 Å². The minimum absolute atomic E-state index is 0.0966. The third-order valence-electron chi connectivity index (χ3n) is 13.7. The maximum absolute atomic E-state index is 13.3. The molecule has 4 rings (SSSR count). The zero-order valence-corrected chi connectivity index (χ0v) is 46.8. The SMILES string of the molecule is CCC(/C=C(\C)c1nc2ccc(OCCOCNC(=O)CNC(=O)C(Cc3ccccc3)NC(=O)CNC(=O)CNC(=O)CCCCCN3C(=O)CC(C(CC)CC)C3=O)cc2c(CC)c1CC(C)C)=C(\COC=O)C(C)=O. The van der Waals surface area contributed by atoms with Gasteiger partial charge in [0.25, 0.3) is 6.47 Å². The number of Topliss-reactive ketones (excluding diaryl/α,β-unsaturated/α-hetero) is 1. The topological polar surface area (TPSA) is 258 Å². The molecule has 1 aliphatic rings. The van der Waals surface area contributed by atoms with Crippen LogP contribution in [-0.2, 0) is 71.9 Å². The average molecular weight is 1080 g/mol. The van der Waals surface area contributed by atoms with E-state index in [1.54, 1.807) is 24.3 Å². The largest absolute Gasteiger partial charge is 0.491 e. The molecule has 7 amide bonds. The van der Waals surface area contributed by atoms with E-state index >= 15 is 0 Å². The summed E-state index contributed by atoms with van der Waals surface area (Å²) in [4.78, 5) is 119. The number of ether oxygens (including phenoxy) is 3. The Morgan fingerprint density at radius 1 is 0.795 bits per heavy atom. The normalized spacial score (nSPS) is 14.3. The molecule has 19 nitrogen and oxygen atoms in total. The van der Waals surface area contributed by atoms with Crippen molar-refractivity contribution in [2.24, 2.45) is 17.8 Å². The number of carbonyl (C=O) groups excluding carboxylic acids is 9. The minimum Gasteiger partial charge on any atom is -0.491 e. The molecule has 1 aromatic heterocycles. The molecule has 0 spiro atoms. The number of benzene rings is 2. The highest BCUT2D eigenvalue weighted by Gasteiger charge is 2.41. The molecule has 0 aliphatic carbocycles. The molecule has 2 aromatic carbocycles. The number of amides is 7. The van der Waals surface area contributed by atoms with Crippen molar-refractivity contribution in [2.45, 2.75) is 132 Å². The number of rotatable bonds is 35. The maximum atomic E-state index is 13.3. The number of carbonyl (C=O) groups is 9. The highest BCUT2D eigenvalue weighted by atomic mass is 16.5. The Morgan fingerprint density at radius 3 is 2.15 bits per heavy atom. The number of aromatic nitrogens is 1. The van der Waals surface area contributed by atoms with Crippen molar-refractivity contribution in [3.8, 4) is 5.75 Å². The summed E-state index contributed by atoms with van der Waals surface area (Å²) in [6.07, 6.45) is 7.93. The fourth-order valence-corrected chi connectivity index (χ4v) is 9.56. The Bertz CT molecular complexity index is 2630. The van der Waals surface area contributed by atoms with Crippen LogP contribution in [-0.4, -0.2) is 122 Å². The molecule has 5 N–H and O–H groups in total. The summed E-state index contributed by atoms with van der Waals surface area (Å²) in [6.45, 7) is 15.4. The summed E-state index contributed by atoms with van der Waals surface area (Å²) < 4.78 is 16.6. The lowest BCUT2D eigenvalue weighted by atomic mass is 9.87. The molecular formula is C59H81N7O12. The number of hydrogen-bond donors (Lipinski definition) is 5. The van der Waals surface area contributed by atoms with Crippen molar-refractivity contribution in [3.05, 3.63) is 88.1 Å². The summed E-state index contributed by atoms with van der Waals surface area (Å²) >= 11 is 0. The van der Waals surface area contributed by atoms with Gasteiger partial charge in [-0.25, -0.2) is 4.98 Å². The van der Waals surface area contributed by atoms with Crippen LogP contribution >= 0.6 is 0 Å². The number of imide groups is 1. The zero-order valence-electron chi connectivity index (χ0n) is 46.8. The summed E-state index contributed by atoms with van der Waals surface area (Å²) in [7, 11) is 0. The molecule has 0 bridgehead atoms. The number of ketones is 1. The number of unbranched alkanes of at least 4 members (excludes halogenated alkanes) is 2. The molecule has 1 saturated heterocycles. The van der Waals surface area contributed by atoms with Crippen molar-refractivity contribution < 1.29 is 57.4 Å². The van der Waals surface area contributed by atoms with Crippen LogP contribution in [0.15, 0.2) is 65.8 Å². The van der Waals surface area contributed by atoms with Gasteiger partial charge in [0.15, 0.2) is 5.78 Å². The van der Waals surface area contributed by atoms with E-state index < -0.39 is 42.8 Å². The quantitative estimate of drug-likeness (QED) is 0.0117. The molecule has 2 atom stereocenters. The fraction of sp³-hybridized carbons (Fsp3) is 0.525. The average Bonchev–Trinajstić information content (AvgIpc) is 3.75. The first-order chi connectivity index (χ1) is 37.4. The lowest BCUT2D eigenvalue weighted by molar-refractivity contribution is -0.140. The van der Waals surface area contributed by atoms with Crippen LogP contribution in [0.2, 0.25) is 0 Å². The zero-order chi connectivity index (χ0) is 57.1. The van der Waals surface area contributed by atoms with Gasteiger partial charge in [-0.15, -0.1) is 0 Å². The van der Waals surface area contributed by atoms with Crippen LogP contribution in [0.25, 0.3) is 16.5 Å². The number of nitrogens with one attached hydrogen (secondary N) is 5. The van der Waals surface area contributed by atoms with Crippen LogP contribution in [0.3, 0.4) is 0 Å². The van der Waals surface area contributed by atoms with Crippen molar-refractivity contribution in [1.82, 2.24) is 36.5 Å². The van der Waals surface area contributed by atoms with E-state index in [-0.39, 0.29) is 87.7 Å². The van der Waals surface area contributed by atoms with Crippen LogP contribution in [0.1, 0.15) is 129 Å². The highest BCUT2D eigenvalue weighted by molar-refractivity contribution is 6.03. The third kappa shape index (κ3) is 19.9. The van der Waals surface area contributed by atoms with Crippen LogP contribution in [0.5, 0.6) is 5.75 Å². The summed E-state index contributed by atoms with van der Waals surface area (Å²) in [5.41, 5.74) is 6.77. The Hall–Kier alpha value is -7.28. The molecule has 0 saturated carbocycles. The van der Waals surface area contributed by atoms with E-state index in [2.05, 4.69) is 47.4 Å². The summed E-state index contributed by atoms with van der Waals surface area (Å²) in [6, 6.07) is 13.6. The predicted octanol–water partition coefficient (Wildman–Crippen LogP) is 5.78. The Morgan fingerprint density at radius 2 is 1.49 bits per heavy atom. The second-order valence-electron chi connectivity index (χ2n) is 19.9. The smallest absolute Gasteiger partial charge is 0.293 e. The van der Waals surface area contributed by atoms with E-state index in [1.807, 2.05) is 58.0 Å². The number of likely N-dealkylation sites (tertiary alicyclic amines) is 1. The number of pyridine rings is 1. The Labute approximate surface area is 458 Å². The van der Waals surface area contributed by atoms with E-state index in [4.69, 9.17) is 19.2 Å². The van der Waals surface area contributed by atoms with Crippen molar-refractivity contribution in [1.29, 1.82) is 0 Å². The van der Waals surface area contributed by atoms with Gasteiger partial charge in [-0.05, 0) is 104 Å². The minimum atomic E-state index is -1.09. The fourth-order valence-electron chi connectivity index (χ4n) is 9.56. The summed E-state index contributed by atoms with van der Waals surface area (Å²) in [5.74, 6) is -2.31. The molecule has 3 aromatic rings. The number of hydrogen-bond acceptors (Lipinski definition) is 13. The second kappa shape index (κ2) is 33.1. The molecule has 2 unspecified atom stereocenters. The first-order valence-electron chi connectivity index (χ1n) is 27.3. The highest BCUT2D eigenvalue weighted by Crippen LogP contribution is 2.34. The number of nitrogens with zero attached hydrogens (tertiary/aromatic N) is 2. The monoisotopic (exact) mass is 1080 g/mol. The van der Waals surface area contributed by atoms with Gasteiger partial charge >= 0.3 is 0 Å². The van der Waals surface area contributed by atoms with Gasteiger partial charge in [-0.2, -0.15) is 0 Å². The van der Waals surface area contributed by atoms with E-state index in [1.165, 1.54) is 11.8 Å². The maximum Gasteiger partial charge on any atom is 0.293 e. The number of allylic oxidation sites excluding steroid dienone is 3. The van der Waals surface area contributed by atoms with Crippen LogP contribution in [0, 0.1) is 17.8 Å². The van der Waals surface area contributed by atoms with Gasteiger partial charge in [0.1, 0.15) is 31.7 Å².